The smallest absolute Gasteiger partial charge is 0.206 e. The summed E-state index contributed by atoms with van der Waals surface area (Å²) < 4.78 is 0. The molecule has 54 valence electrons. The Hall–Kier alpha value is -1.15. The molecule has 1 aliphatic rings. The van der Waals surface area contributed by atoms with Crippen LogP contribution < -0.4 is 0 Å². The molecule has 1 aliphatic heterocycles. The zero-order valence-corrected chi connectivity index (χ0v) is 6.30. The molecule has 0 unspecified atom stereocenters. The number of aliphatic imine (C=N–C) groups is 1. The molecule has 0 aromatic heterocycles. The Balaban J connectivity index is 2.67. The molecular weight excluding hydrogens is 162 g/mol. The van der Waals surface area contributed by atoms with Gasteiger partial charge >= 0.3 is 0 Å². The van der Waals surface area contributed by atoms with Crippen molar-refractivity contribution in [3.63, 3.8) is 0 Å². The molecule has 0 atom stereocenters. The van der Waals surface area contributed by atoms with E-state index in [9.17, 15) is 4.79 Å². The van der Waals surface area contributed by atoms with Gasteiger partial charge in [0, 0.05) is 5.02 Å². The second kappa shape index (κ2) is 2.17. The average molecular weight is 166 g/mol. The number of Topliss-reactive ketones (excluding diaryl/α,β-unsaturated/α-hetero) is 1. The molecule has 2 nitrogen and oxygen atoms in total. The fourth-order valence-electron chi connectivity index (χ4n) is 1.02. The summed E-state index contributed by atoms with van der Waals surface area (Å²) in [7, 11) is 0. The Morgan fingerprint density at radius 2 is 2.18 bits per heavy atom. The highest BCUT2D eigenvalue weighted by Crippen LogP contribution is 2.26. The zero-order valence-electron chi connectivity index (χ0n) is 5.54. The van der Waals surface area contributed by atoms with Crippen molar-refractivity contribution in [2.24, 2.45) is 4.99 Å². The first-order valence-corrected chi connectivity index (χ1v) is 3.53. The maximum Gasteiger partial charge on any atom is 0.206 e. The van der Waals surface area contributed by atoms with E-state index in [0.29, 0.717) is 16.3 Å². The monoisotopic (exact) mass is 165 g/mol. The molecule has 0 aliphatic carbocycles. The van der Waals surface area contributed by atoms with Crippen LogP contribution in [0.15, 0.2) is 23.2 Å². The minimum absolute atomic E-state index is 0.0671. The van der Waals surface area contributed by atoms with E-state index < -0.39 is 0 Å². The molecule has 1 aromatic rings. The maximum atomic E-state index is 11.0. The highest BCUT2D eigenvalue weighted by Gasteiger charge is 2.14. The summed E-state index contributed by atoms with van der Waals surface area (Å²) >= 11 is 5.68. The first-order chi connectivity index (χ1) is 5.27. The van der Waals surface area contributed by atoms with Gasteiger partial charge in [-0.05, 0) is 18.2 Å². The number of carbonyl (C=O) groups is 1. The van der Waals surface area contributed by atoms with Gasteiger partial charge in [-0.15, -0.1) is 0 Å². The van der Waals surface area contributed by atoms with Gasteiger partial charge < -0.3 is 0 Å². The van der Waals surface area contributed by atoms with Gasteiger partial charge in [-0.1, -0.05) is 11.6 Å². The van der Waals surface area contributed by atoms with E-state index >= 15 is 0 Å². The van der Waals surface area contributed by atoms with E-state index in [1.54, 1.807) is 18.2 Å². The molecule has 1 aromatic carbocycles. The normalized spacial score (nSPS) is 13.7. The predicted molar refractivity (Wildman–Crippen MR) is 43.9 cm³/mol. The summed E-state index contributed by atoms with van der Waals surface area (Å²) in [6, 6.07) is 5.08. The number of hydrogen-bond donors (Lipinski definition) is 0. The van der Waals surface area contributed by atoms with E-state index in [2.05, 4.69) is 4.99 Å². The Morgan fingerprint density at radius 1 is 1.36 bits per heavy atom. The summed E-state index contributed by atoms with van der Waals surface area (Å²) in [6.07, 6.45) is 1.31. The molecule has 0 amide bonds. The number of halogens is 1. The minimum atomic E-state index is -0.0671. The SMILES string of the molecule is O=C1C=Nc2ccc(Cl)cc21. The van der Waals surface area contributed by atoms with Crippen molar-refractivity contribution in [2.45, 2.75) is 0 Å². The van der Waals surface area contributed by atoms with Crippen molar-refractivity contribution < 1.29 is 4.79 Å². The van der Waals surface area contributed by atoms with Crippen molar-refractivity contribution in [3.05, 3.63) is 28.8 Å². The molecule has 0 radical (unpaired) electrons. The van der Waals surface area contributed by atoms with E-state index in [0.717, 1.165) is 0 Å². The molecule has 2 rings (SSSR count). The van der Waals surface area contributed by atoms with E-state index in [1.165, 1.54) is 6.21 Å². The summed E-state index contributed by atoms with van der Waals surface area (Å²) in [5, 5.41) is 0.572. The second-order valence-electron chi connectivity index (χ2n) is 2.28. The maximum absolute atomic E-state index is 11.0. The number of carbonyl (C=O) groups excluding carboxylic acids is 1. The van der Waals surface area contributed by atoms with Gasteiger partial charge in [0.15, 0.2) is 0 Å². The Morgan fingerprint density at radius 3 is 3.00 bits per heavy atom. The van der Waals surface area contributed by atoms with Crippen LogP contribution in [0.25, 0.3) is 0 Å². The molecule has 0 bridgehead atoms. The van der Waals surface area contributed by atoms with Crippen molar-refractivity contribution in [1.82, 2.24) is 0 Å². The van der Waals surface area contributed by atoms with Crippen molar-refractivity contribution in [3.8, 4) is 0 Å². The number of hydrogen-bond acceptors (Lipinski definition) is 2. The van der Waals surface area contributed by atoms with E-state index in [-0.39, 0.29) is 5.78 Å². The first-order valence-electron chi connectivity index (χ1n) is 3.15. The van der Waals surface area contributed by atoms with E-state index in [4.69, 9.17) is 11.6 Å². The Bertz CT molecular complexity index is 357. The zero-order chi connectivity index (χ0) is 7.84. The molecule has 11 heavy (non-hydrogen) atoms. The Labute approximate surface area is 68.5 Å². The second-order valence-corrected chi connectivity index (χ2v) is 2.72. The van der Waals surface area contributed by atoms with Gasteiger partial charge in [-0.25, -0.2) is 0 Å². The first kappa shape index (κ1) is 6.55. The van der Waals surface area contributed by atoms with Gasteiger partial charge in [-0.2, -0.15) is 0 Å². The summed E-state index contributed by atoms with van der Waals surface area (Å²) in [5.74, 6) is -0.0671. The van der Waals surface area contributed by atoms with Crippen LogP contribution in [0.5, 0.6) is 0 Å². The largest absolute Gasteiger partial charge is 0.287 e. The number of benzene rings is 1. The fraction of sp³-hybridized carbons (Fsp3) is 0. The topological polar surface area (TPSA) is 29.4 Å². The van der Waals surface area contributed by atoms with Gasteiger partial charge in [0.2, 0.25) is 5.78 Å². The van der Waals surface area contributed by atoms with Crippen LogP contribution in [0.1, 0.15) is 10.4 Å². The number of nitrogens with zero attached hydrogens (tertiary/aromatic N) is 1. The van der Waals surface area contributed by atoms with Crippen LogP contribution in [-0.4, -0.2) is 12.0 Å². The van der Waals surface area contributed by atoms with Gasteiger partial charge in [0.1, 0.15) is 0 Å². The van der Waals surface area contributed by atoms with Crippen molar-refractivity contribution in [1.29, 1.82) is 0 Å². The number of rotatable bonds is 0. The van der Waals surface area contributed by atoms with Gasteiger partial charge in [0.25, 0.3) is 0 Å². The molecule has 0 saturated carbocycles. The average Bonchev–Trinajstić information content (AvgIpc) is 2.33. The van der Waals surface area contributed by atoms with Gasteiger partial charge in [0.05, 0.1) is 17.5 Å². The van der Waals surface area contributed by atoms with Crippen LogP contribution in [0.3, 0.4) is 0 Å². The lowest BCUT2D eigenvalue weighted by Gasteiger charge is -1.94. The standard InChI is InChI=1S/C8H4ClNO/c9-5-1-2-7-6(3-5)8(11)4-10-7/h1-4H. The van der Waals surface area contributed by atoms with Crippen molar-refractivity contribution in [2.75, 3.05) is 0 Å². The molecule has 0 spiro atoms. The molecule has 3 heteroatoms. The van der Waals surface area contributed by atoms with Crippen molar-refractivity contribution >= 4 is 29.3 Å². The lowest BCUT2D eigenvalue weighted by Crippen LogP contribution is -1.92. The number of ketones is 1. The summed E-state index contributed by atoms with van der Waals surface area (Å²) in [5.41, 5.74) is 1.30. The molecular formula is C8H4ClNO. The molecule has 0 saturated heterocycles. The van der Waals surface area contributed by atoms with Crippen LogP contribution in [0, 0.1) is 0 Å². The third kappa shape index (κ3) is 0.955. The Kier molecular flexibility index (Phi) is 1.29. The fourth-order valence-corrected chi connectivity index (χ4v) is 1.19. The number of fused-ring (bicyclic) bond motifs is 1. The molecule has 0 fully saturated rings. The third-order valence-electron chi connectivity index (χ3n) is 1.54. The van der Waals surface area contributed by atoms with Crippen LogP contribution >= 0.6 is 11.6 Å². The molecule has 0 N–H and O–H groups in total. The highest BCUT2D eigenvalue weighted by molar-refractivity contribution is 6.41. The predicted octanol–water partition coefficient (Wildman–Crippen LogP) is 2.24. The van der Waals surface area contributed by atoms with Crippen LogP contribution in [0.4, 0.5) is 5.69 Å². The summed E-state index contributed by atoms with van der Waals surface area (Å²) in [6.45, 7) is 0. The highest BCUT2D eigenvalue weighted by atomic mass is 35.5. The van der Waals surface area contributed by atoms with E-state index in [1.807, 2.05) is 0 Å². The summed E-state index contributed by atoms with van der Waals surface area (Å²) in [4.78, 5) is 14.9. The van der Waals surface area contributed by atoms with Gasteiger partial charge in [-0.3, -0.25) is 9.79 Å². The lowest BCUT2D eigenvalue weighted by molar-refractivity contribution is 0.107. The third-order valence-corrected chi connectivity index (χ3v) is 1.78. The van der Waals surface area contributed by atoms with Crippen LogP contribution in [-0.2, 0) is 0 Å². The molecule has 1 heterocycles. The quantitative estimate of drug-likeness (QED) is 0.580. The minimum Gasteiger partial charge on any atom is -0.287 e. The van der Waals surface area contributed by atoms with Crippen LogP contribution in [0.2, 0.25) is 5.02 Å². The lowest BCUT2D eigenvalue weighted by atomic mass is 10.1.